The second-order valence-electron chi connectivity index (χ2n) is 5.47. The minimum Gasteiger partial charge on any atom is -0.365 e. The molecule has 2 aromatic carbocycles. The molecule has 3 rings (SSSR count). The first-order chi connectivity index (χ1) is 11.4. The minimum absolute atomic E-state index is 0.194. The Morgan fingerprint density at radius 2 is 1.92 bits per heavy atom. The number of primary amides is 1. The predicted molar refractivity (Wildman–Crippen MR) is 92.3 cm³/mol. The standard InChI is InChI=1S/C18H15ClFN3O/c1-10-15(18(21)24)17(23(2)22-10)16-13(8-12(20)9-14(16)19)11-6-4-3-5-7-11/h3-9H,1-2H3,(H2,21,24). The third-order valence-corrected chi connectivity index (χ3v) is 4.14. The number of hydrogen-bond donors (Lipinski definition) is 1. The zero-order valence-electron chi connectivity index (χ0n) is 13.2. The lowest BCUT2D eigenvalue weighted by atomic mass is 9.94. The van der Waals surface area contributed by atoms with Gasteiger partial charge < -0.3 is 5.73 Å². The first-order valence-electron chi connectivity index (χ1n) is 7.28. The van der Waals surface area contributed by atoms with Crippen LogP contribution in [0.4, 0.5) is 4.39 Å². The fourth-order valence-electron chi connectivity index (χ4n) is 2.90. The maximum absolute atomic E-state index is 14.0. The number of nitrogens with zero attached hydrogens (tertiary/aromatic N) is 2. The monoisotopic (exact) mass is 343 g/mol. The summed E-state index contributed by atoms with van der Waals surface area (Å²) in [7, 11) is 1.70. The highest BCUT2D eigenvalue weighted by Gasteiger charge is 2.24. The van der Waals surface area contributed by atoms with Crippen molar-refractivity contribution >= 4 is 17.5 Å². The zero-order valence-corrected chi connectivity index (χ0v) is 13.9. The molecule has 24 heavy (non-hydrogen) atoms. The van der Waals surface area contributed by atoms with Crippen molar-refractivity contribution in [1.29, 1.82) is 0 Å². The number of rotatable bonds is 3. The average molecular weight is 344 g/mol. The molecule has 0 spiro atoms. The first-order valence-corrected chi connectivity index (χ1v) is 7.66. The van der Waals surface area contributed by atoms with E-state index < -0.39 is 11.7 Å². The molecule has 6 heteroatoms. The van der Waals surface area contributed by atoms with Crippen LogP contribution in [0.3, 0.4) is 0 Å². The van der Waals surface area contributed by atoms with Crippen molar-refractivity contribution in [3.05, 3.63) is 64.6 Å². The van der Waals surface area contributed by atoms with E-state index in [0.29, 0.717) is 22.5 Å². The molecule has 0 unspecified atom stereocenters. The van der Waals surface area contributed by atoms with E-state index in [1.807, 2.05) is 30.3 Å². The second kappa shape index (κ2) is 6.09. The molecule has 0 radical (unpaired) electrons. The topological polar surface area (TPSA) is 60.9 Å². The molecule has 2 N–H and O–H groups in total. The lowest BCUT2D eigenvalue weighted by Crippen LogP contribution is -2.13. The van der Waals surface area contributed by atoms with Crippen LogP contribution >= 0.6 is 11.6 Å². The van der Waals surface area contributed by atoms with Crippen molar-refractivity contribution in [2.75, 3.05) is 0 Å². The van der Waals surface area contributed by atoms with E-state index in [-0.39, 0.29) is 10.6 Å². The molecule has 0 saturated carbocycles. The smallest absolute Gasteiger partial charge is 0.252 e. The summed E-state index contributed by atoms with van der Waals surface area (Å²) in [6.07, 6.45) is 0. The van der Waals surface area contributed by atoms with Crippen LogP contribution in [0.2, 0.25) is 5.02 Å². The van der Waals surface area contributed by atoms with Gasteiger partial charge in [-0.25, -0.2) is 4.39 Å². The van der Waals surface area contributed by atoms with Gasteiger partial charge in [0.05, 0.1) is 22.0 Å². The number of carbonyl (C=O) groups is 1. The van der Waals surface area contributed by atoms with Crippen molar-refractivity contribution in [1.82, 2.24) is 9.78 Å². The molecule has 122 valence electrons. The quantitative estimate of drug-likeness (QED) is 0.782. The van der Waals surface area contributed by atoms with Gasteiger partial charge in [-0.15, -0.1) is 0 Å². The Hall–Kier alpha value is -2.66. The molecule has 0 aliphatic rings. The van der Waals surface area contributed by atoms with Gasteiger partial charge in [0.25, 0.3) is 5.91 Å². The van der Waals surface area contributed by atoms with Gasteiger partial charge in [-0.05, 0) is 30.2 Å². The summed E-state index contributed by atoms with van der Waals surface area (Å²) < 4.78 is 15.5. The zero-order chi connectivity index (χ0) is 17.4. The van der Waals surface area contributed by atoms with Gasteiger partial charge in [-0.3, -0.25) is 9.48 Å². The van der Waals surface area contributed by atoms with Gasteiger partial charge in [0, 0.05) is 12.6 Å². The predicted octanol–water partition coefficient (Wildman–Crippen LogP) is 3.95. The number of carbonyl (C=O) groups excluding carboxylic acids is 1. The molecule has 1 amide bonds. The van der Waals surface area contributed by atoms with Crippen LogP contribution in [0.15, 0.2) is 42.5 Å². The first kappa shape index (κ1) is 16.2. The number of aryl methyl sites for hydroxylation is 2. The van der Waals surface area contributed by atoms with E-state index in [2.05, 4.69) is 5.10 Å². The highest BCUT2D eigenvalue weighted by molar-refractivity contribution is 6.34. The van der Waals surface area contributed by atoms with Crippen molar-refractivity contribution < 1.29 is 9.18 Å². The maximum atomic E-state index is 14.0. The van der Waals surface area contributed by atoms with Gasteiger partial charge >= 0.3 is 0 Å². The van der Waals surface area contributed by atoms with Crippen LogP contribution in [0.1, 0.15) is 16.1 Å². The van der Waals surface area contributed by atoms with Crippen LogP contribution in [0.25, 0.3) is 22.4 Å². The van der Waals surface area contributed by atoms with E-state index in [0.717, 1.165) is 5.56 Å². The van der Waals surface area contributed by atoms with Crippen molar-refractivity contribution in [2.24, 2.45) is 12.8 Å². The Morgan fingerprint density at radius 1 is 1.25 bits per heavy atom. The molecule has 0 aliphatic heterocycles. The van der Waals surface area contributed by atoms with E-state index in [9.17, 15) is 9.18 Å². The third-order valence-electron chi connectivity index (χ3n) is 3.85. The van der Waals surface area contributed by atoms with Crippen LogP contribution in [0.5, 0.6) is 0 Å². The molecule has 1 heterocycles. The van der Waals surface area contributed by atoms with Crippen molar-refractivity contribution in [2.45, 2.75) is 6.92 Å². The highest BCUT2D eigenvalue weighted by atomic mass is 35.5. The average Bonchev–Trinajstić information content (AvgIpc) is 2.81. The molecule has 0 bridgehead atoms. The van der Waals surface area contributed by atoms with Gasteiger partial charge in [0.15, 0.2) is 0 Å². The number of aromatic nitrogens is 2. The molecule has 0 atom stereocenters. The van der Waals surface area contributed by atoms with Crippen LogP contribution in [-0.2, 0) is 7.05 Å². The van der Waals surface area contributed by atoms with E-state index in [1.54, 1.807) is 18.7 Å². The number of nitrogens with two attached hydrogens (primary N) is 1. The van der Waals surface area contributed by atoms with Gasteiger partial charge in [0.1, 0.15) is 5.82 Å². The Kier molecular flexibility index (Phi) is 4.11. The maximum Gasteiger partial charge on any atom is 0.252 e. The van der Waals surface area contributed by atoms with Crippen LogP contribution in [-0.4, -0.2) is 15.7 Å². The van der Waals surface area contributed by atoms with Crippen molar-refractivity contribution in [3.8, 4) is 22.4 Å². The Morgan fingerprint density at radius 3 is 2.54 bits per heavy atom. The summed E-state index contributed by atoms with van der Waals surface area (Å²) in [4.78, 5) is 11.9. The third kappa shape index (κ3) is 2.67. The van der Waals surface area contributed by atoms with E-state index in [1.165, 1.54) is 12.1 Å². The molecule has 0 saturated heterocycles. The summed E-state index contributed by atoms with van der Waals surface area (Å²) in [6.45, 7) is 1.70. The summed E-state index contributed by atoms with van der Waals surface area (Å²) in [6, 6.07) is 11.9. The fraction of sp³-hybridized carbons (Fsp3) is 0.111. The Bertz CT molecular complexity index is 935. The second-order valence-corrected chi connectivity index (χ2v) is 5.88. The number of hydrogen-bond acceptors (Lipinski definition) is 2. The number of benzene rings is 2. The Balaban J connectivity index is 2.40. The summed E-state index contributed by atoms with van der Waals surface area (Å²) in [5.41, 5.74) is 8.67. The molecule has 0 fully saturated rings. The SMILES string of the molecule is Cc1nn(C)c(-c2c(Cl)cc(F)cc2-c2ccccc2)c1C(N)=O. The number of halogens is 2. The van der Waals surface area contributed by atoms with Gasteiger partial charge in [0.2, 0.25) is 0 Å². The lowest BCUT2D eigenvalue weighted by molar-refractivity contribution is 0.100. The molecular weight excluding hydrogens is 329 g/mol. The fourth-order valence-corrected chi connectivity index (χ4v) is 3.20. The summed E-state index contributed by atoms with van der Waals surface area (Å²) in [5.74, 6) is -1.06. The molecule has 1 aromatic heterocycles. The van der Waals surface area contributed by atoms with Gasteiger partial charge in [-0.1, -0.05) is 41.9 Å². The highest BCUT2D eigenvalue weighted by Crippen LogP contribution is 2.40. The minimum atomic E-state index is -0.602. The molecule has 0 aliphatic carbocycles. The summed E-state index contributed by atoms with van der Waals surface area (Å²) in [5, 5.41) is 4.46. The van der Waals surface area contributed by atoms with Crippen LogP contribution in [0, 0.1) is 12.7 Å². The van der Waals surface area contributed by atoms with E-state index in [4.69, 9.17) is 17.3 Å². The normalized spacial score (nSPS) is 10.8. The molecule has 3 aromatic rings. The van der Waals surface area contributed by atoms with Crippen LogP contribution < -0.4 is 5.73 Å². The summed E-state index contributed by atoms with van der Waals surface area (Å²) >= 11 is 6.34. The van der Waals surface area contributed by atoms with E-state index >= 15 is 0 Å². The largest absolute Gasteiger partial charge is 0.365 e. The molecule has 4 nitrogen and oxygen atoms in total. The Labute approximate surface area is 143 Å². The molecular formula is C18H15ClFN3O. The lowest BCUT2D eigenvalue weighted by Gasteiger charge is -2.14. The number of amides is 1. The van der Waals surface area contributed by atoms with Gasteiger partial charge in [-0.2, -0.15) is 5.10 Å². The van der Waals surface area contributed by atoms with Crippen molar-refractivity contribution in [3.63, 3.8) is 0 Å².